The lowest BCUT2D eigenvalue weighted by Crippen LogP contribution is -2.33. The van der Waals surface area contributed by atoms with Crippen molar-refractivity contribution in [1.29, 1.82) is 10.7 Å². The van der Waals surface area contributed by atoms with E-state index >= 15 is 0 Å². The molecular weight excluding hydrogens is 312 g/mol. The van der Waals surface area contributed by atoms with Crippen LogP contribution in [0.25, 0.3) is 15.9 Å². The molecule has 3 aromatic rings. The second-order valence-electron chi connectivity index (χ2n) is 5.69. The molecule has 116 valence electrons. The Kier molecular flexibility index (Phi) is 2.77. The highest BCUT2D eigenvalue weighted by Crippen LogP contribution is 2.34. The van der Waals surface area contributed by atoms with E-state index < -0.39 is 5.56 Å². The van der Waals surface area contributed by atoms with Gasteiger partial charge < -0.3 is 11.6 Å². The zero-order valence-corrected chi connectivity index (χ0v) is 13.0. The zero-order valence-electron chi connectivity index (χ0n) is 12.2. The number of anilines is 1. The van der Waals surface area contributed by atoms with Gasteiger partial charge in [-0.2, -0.15) is 5.26 Å². The van der Waals surface area contributed by atoms with Gasteiger partial charge in [-0.05, 0) is 31.2 Å². The van der Waals surface area contributed by atoms with Crippen LogP contribution in [0.4, 0.5) is 5.69 Å². The van der Waals surface area contributed by atoms with Crippen LogP contribution in [0.1, 0.15) is 28.8 Å². The third-order valence-electron chi connectivity index (χ3n) is 4.41. The molecule has 7 nitrogen and oxygen atoms in total. The van der Waals surface area contributed by atoms with Crippen molar-refractivity contribution in [2.75, 3.05) is 11.6 Å². The van der Waals surface area contributed by atoms with Gasteiger partial charge in [0.1, 0.15) is 22.1 Å². The van der Waals surface area contributed by atoms with Crippen LogP contribution < -0.4 is 22.6 Å². The van der Waals surface area contributed by atoms with Gasteiger partial charge in [-0.15, -0.1) is 11.3 Å². The quantitative estimate of drug-likeness (QED) is 0.529. The number of nitriles is 1. The molecule has 8 heteroatoms. The summed E-state index contributed by atoms with van der Waals surface area (Å²) in [7, 11) is 0. The number of hydrogen-bond donors (Lipinski definition) is 3. The van der Waals surface area contributed by atoms with Gasteiger partial charge in [0.25, 0.3) is 5.56 Å². The van der Waals surface area contributed by atoms with E-state index in [1.54, 1.807) is 0 Å². The van der Waals surface area contributed by atoms with Gasteiger partial charge in [0.2, 0.25) is 0 Å². The van der Waals surface area contributed by atoms with E-state index in [1.807, 2.05) is 6.07 Å². The summed E-state index contributed by atoms with van der Waals surface area (Å²) in [4.78, 5) is 14.6. The molecule has 1 aliphatic carbocycles. The Morgan fingerprint density at radius 3 is 2.83 bits per heavy atom. The number of nitrogens with one attached hydrogen (secondary N) is 1. The van der Waals surface area contributed by atoms with Crippen molar-refractivity contribution in [1.82, 2.24) is 9.08 Å². The van der Waals surface area contributed by atoms with Crippen molar-refractivity contribution in [3.63, 3.8) is 0 Å². The molecule has 0 spiro atoms. The Bertz CT molecular complexity index is 1140. The normalized spacial score (nSPS) is 14.0. The van der Waals surface area contributed by atoms with Gasteiger partial charge in [0.05, 0.1) is 11.1 Å². The molecule has 0 fully saturated rings. The molecule has 5 N–H and O–H groups in total. The van der Waals surface area contributed by atoms with Gasteiger partial charge in [0, 0.05) is 10.9 Å². The van der Waals surface area contributed by atoms with Crippen molar-refractivity contribution in [3.05, 3.63) is 37.9 Å². The number of nitrogens with zero attached hydrogens (tertiary/aromatic N) is 3. The molecule has 1 aliphatic rings. The minimum Gasteiger partial charge on any atom is -0.397 e. The van der Waals surface area contributed by atoms with Crippen LogP contribution in [-0.4, -0.2) is 9.08 Å². The van der Waals surface area contributed by atoms with Gasteiger partial charge in [-0.3, -0.25) is 10.2 Å². The minimum atomic E-state index is -0.481. The Balaban J connectivity index is 2.34. The average molecular weight is 326 g/mol. The first-order chi connectivity index (χ1) is 11.0. The predicted octanol–water partition coefficient (Wildman–Crippen LogP) is 0.842. The summed E-state index contributed by atoms with van der Waals surface area (Å²) in [6.45, 7) is 0. The molecule has 0 amide bonds. The van der Waals surface area contributed by atoms with Crippen LogP contribution >= 0.6 is 11.3 Å². The molecule has 4 rings (SSSR count). The Hall–Kier alpha value is -2.79. The van der Waals surface area contributed by atoms with E-state index in [1.165, 1.54) is 31.4 Å². The highest BCUT2D eigenvalue weighted by atomic mass is 32.1. The van der Waals surface area contributed by atoms with Gasteiger partial charge in [0.15, 0.2) is 5.49 Å². The number of nitrogens with two attached hydrogens (primary N) is 2. The minimum absolute atomic E-state index is 0.0803. The van der Waals surface area contributed by atoms with Crippen LogP contribution in [0.15, 0.2) is 10.9 Å². The van der Waals surface area contributed by atoms with Crippen molar-refractivity contribution >= 4 is 32.9 Å². The second kappa shape index (κ2) is 4.60. The summed E-state index contributed by atoms with van der Waals surface area (Å²) in [6, 6.07) is 3.35. The summed E-state index contributed by atoms with van der Waals surface area (Å²) in [5.41, 5.74) is 6.91. The number of aromatic nitrogens is 2. The topological polar surface area (TPSA) is 126 Å². The molecule has 23 heavy (non-hydrogen) atoms. The molecule has 0 saturated carbocycles. The van der Waals surface area contributed by atoms with E-state index in [9.17, 15) is 10.1 Å². The lowest BCUT2D eigenvalue weighted by molar-refractivity contribution is 0.699. The van der Waals surface area contributed by atoms with Crippen LogP contribution in [-0.2, 0) is 12.8 Å². The molecule has 0 saturated heterocycles. The number of fused-ring (bicyclic) bond motifs is 5. The predicted molar refractivity (Wildman–Crippen MR) is 88.8 cm³/mol. The molecule has 0 bridgehead atoms. The standard InChI is InChI=1S/C15H14N6OS/c16-6-8-9(17)5-11-20(14(8)22)15-12(13(18)21(11)19)7-3-1-2-4-10(7)23-15/h5,18H,1-4,17,19H2. The summed E-state index contributed by atoms with van der Waals surface area (Å²) in [5, 5.41) is 18.3. The number of rotatable bonds is 0. The maximum Gasteiger partial charge on any atom is 0.277 e. The van der Waals surface area contributed by atoms with Crippen molar-refractivity contribution in [2.45, 2.75) is 25.7 Å². The van der Waals surface area contributed by atoms with Crippen LogP contribution in [0, 0.1) is 16.7 Å². The van der Waals surface area contributed by atoms with Crippen molar-refractivity contribution in [3.8, 4) is 6.07 Å². The summed E-state index contributed by atoms with van der Waals surface area (Å²) < 4.78 is 2.59. The van der Waals surface area contributed by atoms with Crippen LogP contribution in [0.2, 0.25) is 0 Å². The molecule has 3 aromatic heterocycles. The monoisotopic (exact) mass is 326 g/mol. The maximum atomic E-state index is 12.7. The molecule has 0 aliphatic heterocycles. The summed E-state index contributed by atoms with van der Waals surface area (Å²) in [6.07, 6.45) is 4.02. The average Bonchev–Trinajstić information content (AvgIpc) is 2.91. The molecule has 0 aromatic carbocycles. The fourth-order valence-electron chi connectivity index (χ4n) is 3.29. The van der Waals surface area contributed by atoms with Crippen LogP contribution in [0.3, 0.4) is 0 Å². The van der Waals surface area contributed by atoms with Crippen LogP contribution in [0.5, 0.6) is 0 Å². The third-order valence-corrected chi connectivity index (χ3v) is 5.69. The van der Waals surface area contributed by atoms with Crippen molar-refractivity contribution < 1.29 is 0 Å². The van der Waals surface area contributed by atoms with Crippen molar-refractivity contribution in [2.24, 2.45) is 0 Å². The lowest BCUT2D eigenvalue weighted by Gasteiger charge is -2.12. The number of aryl methyl sites for hydroxylation is 2. The lowest BCUT2D eigenvalue weighted by atomic mass is 9.97. The summed E-state index contributed by atoms with van der Waals surface area (Å²) >= 11 is 1.52. The number of nitrogen functional groups attached to an aromatic ring is 2. The Labute approximate surface area is 134 Å². The van der Waals surface area contributed by atoms with Gasteiger partial charge >= 0.3 is 0 Å². The van der Waals surface area contributed by atoms with Gasteiger partial charge in [-0.25, -0.2) is 9.08 Å². The number of pyridine rings is 1. The smallest absolute Gasteiger partial charge is 0.277 e. The first kappa shape index (κ1) is 13.8. The van der Waals surface area contributed by atoms with E-state index in [0.29, 0.717) is 10.5 Å². The highest BCUT2D eigenvalue weighted by Gasteiger charge is 2.22. The van der Waals surface area contributed by atoms with E-state index in [-0.39, 0.29) is 16.7 Å². The first-order valence-electron chi connectivity index (χ1n) is 7.29. The highest BCUT2D eigenvalue weighted by molar-refractivity contribution is 7.18. The molecule has 3 heterocycles. The zero-order chi connectivity index (χ0) is 16.3. The fourth-order valence-corrected chi connectivity index (χ4v) is 4.69. The fraction of sp³-hybridized carbons (Fsp3) is 0.267. The third kappa shape index (κ3) is 1.68. The Morgan fingerprint density at radius 2 is 2.09 bits per heavy atom. The van der Waals surface area contributed by atoms with E-state index in [4.69, 9.17) is 17.0 Å². The second-order valence-corrected chi connectivity index (χ2v) is 6.78. The van der Waals surface area contributed by atoms with E-state index in [2.05, 4.69) is 0 Å². The Morgan fingerprint density at radius 1 is 1.35 bits per heavy atom. The molecular formula is C15H14N6OS. The molecule has 0 atom stereocenters. The molecule has 0 radical (unpaired) electrons. The van der Waals surface area contributed by atoms with E-state index in [0.717, 1.165) is 36.6 Å². The maximum absolute atomic E-state index is 12.7. The van der Waals surface area contributed by atoms with Gasteiger partial charge in [-0.1, -0.05) is 0 Å². The largest absolute Gasteiger partial charge is 0.397 e. The SMILES string of the molecule is N#Cc1c(N)cc2n(N)c(=N)c3c4c(sc3n2c1=O)CCCC4. The number of thiophene rings is 1. The first-order valence-corrected chi connectivity index (χ1v) is 8.10. The molecule has 0 unspecified atom stereocenters. The number of hydrogen-bond acceptors (Lipinski definition) is 6. The summed E-state index contributed by atoms with van der Waals surface area (Å²) in [5.74, 6) is 6.04.